The van der Waals surface area contributed by atoms with Crippen molar-refractivity contribution in [2.45, 2.75) is 63.8 Å². The molecule has 4 aromatic rings. The van der Waals surface area contributed by atoms with Crippen molar-refractivity contribution in [3.05, 3.63) is 87.8 Å². The molecule has 0 bridgehead atoms. The number of halogens is 1. The van der Waals surface area contributed by atoms with Crippen molar-refractivity contribution >= 4 is 34.8 Å². The number of methoxy groups -OCH3 is 1. The van der Waals surface area contributed by atoms with E-state index in [0.29, 0.717) is 34.7 Å². The minimum Gasteiger partial charge on any atom is -0.496 e. The molecule has 2 aliphatic rings. The number of aromatic nitrogens is 3. The third-order valence-electron chi connectivity index (χ3n) is 8.71. The zero-order chi connectivity index (χ0) is 33.5. The molecule has 1 saturated heterocycles. The number of piperidine rings is 1. The predicted octanol–water partition coefficient (Wildman–Crippen LogP) is 6.26. The number of pyridine rings is 1. The molecule has 1 fully saturated rings. The number of benzene rings is 2. The van der Waals surface area contributed by atoms with Crippen LogP contribution in [-0.2, 0) is 18.7 Å². The highest BCUT2D eigenvalue weighted by Crippen LogP contribution is 2.45. The van der Waals surface area contributed by atoms with Crippen LogP contribution in [0, 0.1) is 0 Å². The quantitative estimate of drug-likeness (QED) is 0.226. The molecular weight excluding hydrogens is 580 g/mol. The zero-order valence-electron chi connectivity index (χ0n) is 27.7. The van der Waals surface area contributed by atoms with Gasteiger partial charge < -0.3 is 24.3 Å². The second kappa shape index (κ2) is 12.2. The maximum absolute atomic E-state index is 11.6. The average Bonchev–Trinajstić information content (AvgIpc) is 3.35. The second-order valence-electron chi connectivity index (χ2n) is 11.6. The summed E-state index contributed by atoms with van der Waals surface area (Å²) in [6, 6.07) is 14.2. The van der Waals surface area contributed by atoms with E-state index < -0.39 is 24.7 Å². The van der Waals surface area contributed by atoms with E-state index in [1.165, 1.54) is 12.1 Å². The number of carboxylic acid groups (broad SMARTS) is 1. The molecule has 9 nitrogen and oxygen atoms in total. The van der Waals surface area contributed by atoms with Crippen LogP contribution < -0.4 is 9.47 Å². The Morgan fingerprint density at radius 3 is 2.80 bits per heavy atom. The molecule has 2 aliphatic heterocycles. The van der Waals surface area contributed by atoms with Crippen LogP contribution in [0.3, 0.4) is 0 Å². The molecule has 44 heavy (non-hydrogen) atoms. The first-order chi connectivity index (χ1) is 22.3. The Kier molecular flexibility index (Phi) is 7.36. The van der Waals surface area contributed by atoms with Crippen LogP contribution in [-0.4, -0.2) is 61.8 Å². The first-order valence-corrected chi connectivity index (χ1v) is 15.2. The lowest BCUT2D eigenvalue weighted by atomic mass is 9.85. The summed E-state index contributed by atoms with van der Waals surface area (Å²) < 4.78 is 36.9. The number of aliphatic hydroxyl groups excluding tert-OH is 1. The number of aliphatic hydroxyl groups is 1. The molecule has 6 rings (SSSR count). The van der Waals surface area contributed by atoms with Gasteiger partial charge in [0.05, 0.1) is 30.3 Å². The lowest BCUT2D eigenvalue weighted by Gasteiger charge is -2.37. The average molecular weight is 620 g/mol. The van der Waals surface area contributed by atoms with Crippen LogP contribution in [0.5, 0.6) is 11.5 Å². The second-order valence-corrected chi connectivity index (χ2v) is 12.1. The molecular formula is C34H37ClN4O5. The van der Waals surface area contributed by atoms with E-state index >= 15 is 0 Å². The van der Waals surface area contributed by atoms with Crippen molar-refractivity contribution < 1.29 is 28.6 Å². The Labute approximate surface area is 265 Å². The number of fused-ring (bicyclic) bond motifs is 2. The van der Waals surface area contributed by atoms with Crippen molar-refractivity contribution in [2.24, 2.45) is 0 Å². The Hall–Kier alpha value is -3.92. The molecule has 0 unspecified atom stereocenters. The third kappa shape index (κ3) is 5.79. The fraction of sp³-hybridized carbons (Fsp3) is 0.382. The summed E-state index contributed by atoms with van der Waals surface area (Å²) in [7, 11) is -2.65. The summed E-state index contributed by atoms with van der Waals surface area (Å²) in [5.74, 6) is 0.757. The smallest absolute Gasteiger partial charge is 0.354 e. The van der Waals surface area contributed by atoms with Gasteiger partial charge in [0, 0.05) is 16.1 Å². The van der Waals surface area contributed by atoms with Gasteiger partial charge in [0.1, 0.15) is 22.8 Å². The molecule has 0 radical (unpaired) electrons. The van der Waals surface area contributed by atoms with E-state index in [9.17, 15) is 15.0 Å². The standard InChI is InChI=1S/C34H37ClN4O5/c1-4-24(40)19-39-30(36-27-10-11-28(33(41)42)37-32(27)39)20-38-16-13-21(14-17-38)25-7-5-6-22-12-15-34(2,44-31(22)25)26-9-8-23(35)18-29(26)43-3/h5-12,15,18,21,24,40H,4,13-14,16-17,19-20H2,1-3H3,(H,41,42)/t24-,34+/m0/s1/i3D3. The summed E-state index contributed by atoms with van der Waals surface area (Å²) in [6.45, 7) is 6.19. The number of imidazole rings is 1. The number of carbonyl (C=O) groups is 1. The molecule has 10 heteroatoms. The number of aromatic carboxylic acids is 1. The summed E-state index contributed by atoms with van der Waals surface area (Å²) in [5, 5.41) is 20.3. The molecule has 0 saturated carbocycles. The van der Waals surface area contributed by atoms with E-state index in [2.05, 4.69) is 16.0 Å². The maximum atomic E-state index is 11.6. The molecule has 4 heterocycles. The van der Waals surface area contributed by atoms with Crippen LogP contribution >= 0.6 is 11.6 Å². The summed E-state index contributed by atoms with van der Waals surface area (Å²) in [4.78, 5) is 23.0. The van der Waals surface area contributed by atoms with Crippen LogP contribution in [0.15, 0.2) is 54.6 Å². The minimum atomic E-state index is -2.65. The van der Waals surface area contributed by atoms with E-state index in [0.717, 1.165) is 48.6 Å². The molecule has 230 valence electrons. The lowest BCUT2D eigenvalue weighted by Crippen LogP contribution is -2.34. The molecule has 0 spiro atoms. The van der Waals surface area contributed by atoms with Gasteiger partial charge in [-0.3, -0.25) is 4.90 Å². The van der Waals surface area contributed by atoms with E-state index in [4.69, 9.17) is 30.2 Å². The largest absolute Gasteiger partial charge is 0.496 e. The Morgan fingerprint density at radius 2 is 2.05 bits per heavy atom. The highest BCUT2D eigenvalue weighted by molar-refractivity contribution is 6.30. The number of nitrogens with zero attached hydrogens (tertiary/aromatic N) is 4. The Morgan fingerprint density at radius 1 is 1.23 bits per heavy atom. The first-order valence-electron chi connectivity index (χ1n) is 16.3. The van der Waals surface area contributed by atoms with Crippen molar-refractivity contribution in [1.29, 1.82) is 0 Å². The summed E-state index contributed by atoms with van der Waals surface area (Å²) in [5.41, 5.74) is 2.60. The van der Waals surface area contributed by atoms with Gasteiger partial charge in [-0.15, -0.1) is 0 Å². The monoisotopic (exact) mass is 619 g/mol. The van der Waals surface area contributed by atoms with Crippen molar-refractivity contribution in [3.8, 4) is 11.5 Å². The van der Waals surface area contributed by atoms with E-state index in [1.54, 1.807) is 18.2 Å². The van der Waals surface area contributed by atoms with Crippen LogP contribution in [0.2, 0.25) is 5.02 Å². The number of rotatable bonds is 9. The summed E-state index contributed by atoms with van der Waals surface area (Å²) >= 11 is 6.21. The molecule has 2 atom stereocenters. The number of ether oxygens (including phenoxy) is 2. The number of hydrogen-bond donors (Lipinski definition) is 2. The normalized spacial score (nSPS) is 20.8. The van der Waals surface area contributed by atoms with Gasteiger partial charge in [-0.1, -0.05) is 42.8 Å². The highest BCUT2D eigenvalue weighted by atomic mass is 35.5. The van der Waals surface area contributed by atoms with Crippen LogP contribution in [0.1, 0.15) is 76.1 Å². The van der Waals surface area contributed by atoms with Crippen molar-refractivity contribution in [1.82, 2.24) is 19.4 Å². The van der Waals surface area contributed by atoms with Gasteiger partial charge in [0.15, 0.2) is 16.9 Å². The summed E-state index contributed by atoms with van der Waals surface area (Å²) in [6.07, 6.45) is 5.59. The lowest BCUT2D eigenvalue weighted by molar-refractivity contribution is 0.0690. The molecule has 0 amide bonds. The number of para-hydroxylation sites is 1. The van der Waals surface area contributed by atoms with Gasteiger partial charge in [-0.2, -0.15) is 0 Å². The molecule has 2 aromatic carbocycles. The van der Waals surface area contributed by atoms with Gasteiger partial charge in [-0.05, 0) is 87.2 Å². The number of likely N-dealkylation sites (tertiary alicyclic amines) is 1. The number of carboxylic acids is 1. The fourth-order valence-corrected chi connectivity index (χ4v) is 6.36. The number of hydrogen-bond acceptors (Lipinski definition) is 7. The minimum absolute atomic E-state index is 0.0616. The van der Waals surface area contributed by atoms with Gasteiger partial charge in [-0.25, -0.2) is 14.8 Å². The molecule has 0 aliphatic carbocycles. The van der Waals surface area contributed by atoms with Crippen molar-refractivity contribution in [2.75, 3.05) is 20.1 Å². The first kappa shape index (κ1) is 26.5. The van der Waals surface area contributed by atoms with Gasteiger partial charge in [0.2, 0.25) is 0 Å². The van der Waals surface area contributed by atoms with Crippen LogP contribution in [0.4, 0.5) is 0 Å². The fourth-order valence-electron chi connectivity index (χ4n) is 6.20. The van der Waals surface area contributed by atoms with Gasteiger partial charge >= 0.3 is 5.97 Å². The highest BCUT2D eigenvalue weighted by Gasteiger charge is 2.35. The molecule has 2 N–H and O–H groups in total. The zero-order valence-corrected chi connectivity index (χ0v) is 25.4. The van der Waals surface area contributed by atoms with Gasteiger partial charge in [0.25, 0.3) is 0 Å². The van der Waals surface area contributed by atoms with Crippen LogP contribution in [0.25, 0.3) is 17.2 Å². The van der Waals surface area contributed by atoms with Crippen molar-refractivity contribution in [3.63, 3.8) is 0 Å². The maximum Gasteiger partial charge on any atom is 0.354 e. The Bertz CT molecular complexity index is 1840. The topological polar surface area (TPSA) is 110 Å². The van der Waals surface area contributed by atoms with E-state index in [-0.39, 0.29) is 23.9 Å². The molecule has 2 aromatic heterocycles. The van der Waals surface area contributed by atoms with E-state index in [1.807, 2.05) is 42.7 Å². The third-order valence-corrected chi connectivity index (χ3v) is 8.94. The Balaban J connectivity index is 1.21. The SMILES string of the molecule is [2H]C([2H])([2H])Oc1cc(Cl)ccc1[C@@]1(C)C=Cc2cccc(C3CCN(Cc4nc5ccc(C(=O)O)nc5n4C[C@@H](O)CC)CC3)c2O1. The predicted molar refractivity (Wildman–Crippen MR) is 169 cm³/mol.